The minimum absolute atomic E-state index is 0.0444. The minimum Gasteiger partial charge on any atom is -0.494 e. The van der Waals surface area contributed by atoms with Crippen LogP contribution >= 0.6 is 23.2 Å². The van der Waals surface area contributed by atoms with Crippen LogP contribution in [0.15, 0.2) is 76.8 Å². The van der Waals surface area contributed by atoms with Crippen molar-refractivity contribution < 1.29 is 19.4 Å². The number of rotatable bonds is 14. The van der Waals surface area contributed by atoms with E-state index in [2.05, 4.69) is 22.3 Å². The number of halogens is 2. The molecule has 0 bridgehead atoms. The summed E-state index contributed by atoms with van der Waals surface area (Å²) in [7, 11) is 0. The van der Waals surface area contributed by atoms with Gasteiger partial charge in [0.05, 0.1) is 6.61 Å². The lowest BCUT2D eigenvalue weighted by Crippen LogP contribution is -2.50. The van der Waals surface area contributed by atoms with Gasteiger partial charge in [-0.3, -0.25) is 4.79 Å². The zero-order valence-electron chi connectivity index (χ0n) is 23.3. The average Bonchev–Trinajstić information content (AvgIpc) is 3.37. The lowest BCUT2D eigenvalue weighted by molar-refractivity contribution is -0.128. The van der Waals surface area contributed by atoms with Gasteiger partial charge in [0.15, 0.2) is 11.6 Å². The molecule has 0 aliphatic carbocycles. The molecule has 1 amide bonds. The Labute approximate surface area is 255 Å². The second-order valence-electron chi connectivity index (χ2n) is 9.91. The number of hydrogen-bond acceptors (Lipinski definition) is 6. The monoisotopic (exact) mass is 609 g/mol. The maximum Gasteiger partial charge on any atom is 0.252 e. The van der Waals surface area contributed by atoms with Crippen molar-refractivity contribution in [1.29, 1.82) is 0 Å². The summed E-state index contributed by atoms with van der Waals surface area (Å²) in [4.78, 5) is 22.2. The molecular formula is C31H33Cl2N5O4. The standard InChI is InChI=1S/C31H33Cl2N5O4/c1-2-3-6-16-35-30(40)31(20-22-8-4-5-9-27(22)37-38-34)28(25-15-12-23(32)19-26(25)33)42-29(36-31)21-10-13-24(14-11-21)41-18-7-17-39/h4-5,8-15,19,28,39H,2-3,6-7,16-18,20H2,1H3,(H,35,40)/t28-,31-/m1/s1. The zero-order chi connectivity index (χ0) is 30.0. The van der Waals surface area contributed by atoms with Crippen LogP contribution in [0.2, 0.25) is 10.0 Å². The smallest absolute Gasteiger partial charge is 0.252 e. The van der Waals surface area contributed by atoms with Gasteiger partial charge < -0.3 is 19.9 Å². The van der Waals surface area contributed by atoms with Crippen molar-refractivity contribution in [3.8, 4) is 5.75 Å². The molecule has 0 aromatic heterocycles. The van der Waals surface area contributed by atoms with Gasteiger partial charge in [0.25, 0.3) is 5.91 Å². The van der Waals surface area contributed by atoms with E-state index in [0.29, 0.717) is 57.7 Å². The third-order valence-electron chi connectivity index (χ3n) is 6.94. The van der Waals surface area contributed by atoms with E-state index >= 15 is 0 Å². The quantitative estimate of drug-likeness (QED) is 0.0847. The van der Waals surface area contributed by atoms with E-state index in [4.69, 9.17) is 42.8 Å². The van der Waals surface area contributed by atoms with Crippen molar-refractivity contribution in [2.45, 2.75) is 50.7 Å². The van der Waals surface area contributed by atoms with Crippen molar-refractivity contribution in [2.75, 3.05) is 19.8 Å². The fourth-order valence-electron chi connectivity index (χ4n) is 4.80. The number of azide groups is 1. The molecule has 3 aromatic carbocycles. The van der Waals surface area contributed by atoms with E-state index in [1.54, 1.807) is 54.6 Å². The van der Waals surface area contributed by atoms with Crippen LogP contribution in [0.5, 0.6) is 5.75 Å². The summed E-state index contributed by atoms with van der Waals surface area (Å²) in [6, 6.07) is 19.3. The Bertz CT molecular complexity index is 1460. The van der Waals surface area contributed by atoms with Gasteiger partial charge in [0.2, 0.25) is 5.90 Å². The van der Waals surface area contributed by atoms with E-state index < -0.39 is 11.6 Å². The molecule has 220 valence electrons. The number of aliphatic hydroxyl groups is 1. The summed E-state index contributed by atoms with van der Waals surface area (Å²) in [6.45, 7) is 3.00. The first-order chi connectivity index (χ1) is 20.4. The number of aliphatic hydroxyl groups excluding tert-OH is 1. The van der Waals surface area contributed by atoms with Crippen molar-refractivity contribution in [3.63, 3.8) is 0 Å². The Morgan fingerprint density at radius 2 is 1.93 bits per heavy atom. The Kier molecular flexibility index (Phi) is 11.1. The highest BCUT2D eigenvalue weighted by Gasteiger charge is 2.54. The first-order valence-corrected chi connectivity index (χ1v) is 14.6. The molecule has 1 aliphatic heterocycles. The molecule has 0 unspecified atom stereocenters. The maximum atomic E-state index is 14.2. The first-order valence-electron chi connectivity index (χ1n) is 13.9. The maximum absolute atomic E-state index is 14.2. The summed E-state index contributed by atoms with van der Waals surface area (Å²) in [5.74, 6) is 0.563. The average molecular weight is 611 g/mol. The van der Waals surface area contributed by atoms with Crippen molar-refractivity contribution in [2.24, 2.45) is 10.1 Å². The molecule has 9 nitrogen and oxygen atoms in total. The number of carbonyl (C=O) groups excluding carboxylic acids is 1. The number of hydrogen-bond donors (Lipinski definition) is 2. The van der Waals surface area contributed by atoms with E-state index in [1.807, 2.05) is 12.1 Å². The molecule has 2 N–H and O–H groups in total. The molecule has 1 heterocycles. The predicted molar refractivity (Wildman–Crippen MR) is 165 cm³/mol. The van der Waals surface area contributed by atoms with Crippen LogP contribution in [0.25, 0.3) is 10.4 Å². The SMILES string of the molecule is CCCCCNC(=O)[C@]1(Cc2ccccc2N=[N+]=[N-])N=C(c2ccc(OCCCO)cc2)O[C@@H]1c1ccc(Cl)cc1Cl. The Morgan fingerprint density at radius 1 is 1.14 bits per heavy atom. The molecule has 0 saturated carbocycles. The predicted octanol–water partition coefficient (Wildman–Crippen LogP) is 7.50. The number of aliphatic imine (C=N–C) groups is 1. The number of carbonyl (C=O) groups is 1. The van der Waals surface area contributed by atoms with E-state index in [0.717, 1.165) is 19.3 Å². The van der Waals surface area contributed by atoms with Crippen molar-refractivity contribution >= 4 is 40.7 Å². The van der Waals surface area contributed by atoms with Crippen LogP contribution in [0.3, 0.4) is 0 Å². The highest BCUT2D eigenvalue weighted by atomic mass is 35.5. The lowest BCUT2D eigenvalue weighted by Gasteiger charge is -2.31. The van der Waals surface area contributed by atoms with Gasteiger partial charge in [0.1, 0.15) is 5.75 Å². The third-order valence-corrected chi connectivity index (χ3v) is 7.51. The van der Waals surface area contributed by atoms with Gasteiger partial charge in [-0.2, -0.15) is 0 Å². The number of nitrogens with zero attached hydrogens (tertiary/aromatic N) is 4. The number of ether oxygens (including phenoxy) is 2. The molecule has 0 spiro atoms. The molecule has 0 saturated heterocycles. The van der Waals surface area contributed by atoms with Gasteiger partial charge in [-0.1, -0.05) is 78.4 Å². The van der Waals surface area contributed by atoms with Gasteiger partial charge in [-0.25, -0.2) is 4.99 Å². The zero-order valence-corrected chi connectivity index (χ0v) is 24.8. The largest absolute Gasteiger partial charge is 0.494 e. The van der Waals surface area contributed by atoms with Gasteiger partial charge in [0, 0.05) is 57.8 Å². The molecule has 42 heavy (non-hydrogen) atoms. The van der Waals surface area contributed by atoms with Crippen molar-refractivity contribution in [1.82, 2.24) is 5.32 Å². The summed E-state index contributed by atoms with van der Waals surface area (Å²) < 4.78 is 12.2. The molecule has 1 aliphatic rings. The van der Waals surface area contributed by atoms with Crippen LogP contribution < -0.4 is 10.1 Å². The number of unbranched alkanes of at least 4 members (excludes halogenated alkanes) is 2. The topological polar surface area (TPSA) is 129 Å². The summed E-state index contributed by atoms with van der Waals surface area (Å²) >= 11 is 12.9. The highest BCUT2D eigenvalue weighted by Crippen LogP contribution is 2.46. The summed E-state index contributed by atoms with van der Waals surface area (Å²) in [6.07, 6.45) is 2.48. The Morgan fingerprint density at radius 3 is 2.64 bits per heavy atom. The number of amides is 1. The van der Waals surface area contributed by atoms with Crippen LogP contribution in [0.4, 0.5) is 5.69 Å². The lowest BCUT2D eigenvalue weighted by atomic mass is 9.81. The van der Waals surface area contributed by atoms with Crippen LogP contribution in [-0.4, -0.2) is 42.2 Å². The van der Waals surface area contributed by atoms with Gasteiger partial charge in [-0.15, -0.1) is 0 Å². The van der Waals surface area contributed by atoms with E-state index in [-0.39, 0.29) is 24.8 Å². The highest BCUT2D eigenvalue weighted by molar-refractivity contribution is 6.35. The van der Waals surface area contributed by atoms with Crippen LogP contribution in [-0.2, 0) is 16.0 Å². The van der Waals surface area contributed by atoms with E-state index in [9.17, 15) is 10.3 Å². The molecular weight excluding hydrogens is 577 g/mol. The summed E-state index contributed by atoms with van der Waals surface area (Å²) in [5.41, 5.74) is 9.93. The molecule has 0 radical (unpaired) electrons. The molecule has 3 aromatic rings. The molecule has 0 fully saturated rings. The summed E-state index contributed by atoms with van der Waals surface area (Å²) in [5, 5.41) is 16.7. The van der Waals surface area contributed by atoms with Crippen LogP contribution in [0.1, 0.15) is 55.4 Å². The fraction of sp³-hybridized carbons (Fsp3) is 0.355. The molecule has 4 rings (SSSR count). The molecule has 11 heteroatoms. The normalized spacial score (nSPS) is 17.6. The first kappa shape index (κ1) is 31.2. The fourth-order valence-corrected chi connectivity index (χ4v) is 5.31. The number of benzene rings is 3. The second-order valence-corrected chi connectivity index (χ2v) is 10.8. The Hall–Kier alpha value is -3.75. The van der Waals surface area contributed by atoms with E-state index in [1.165, 1.54) is 0 Å². The van der Waals surface area contributed by atoms with Gasteiger partial charge in [-0.05, 0) is 53.9 Å². The number of nitrogens with one attached hydrogen (secondary N) is 1. The van der Waals surface area contributed by atoms with Crippen molar-refractivity contribution in [3.05, 3.63) is 104 Å². The minimum atomic E-state index is -1.49. The second kappa shape index (κ2) is 14.9. The van der Waals surface area contributed by atoms with Gasteiger partial charge >= 0.3 is 0 Å². The Balaban J connectivity index is 1.82. The molecule has 2 atom stereocenters. The third kappa shape index (κ3) is 7.36. The van der Waals surface area contributed by atoms with Crippen LogP contribution in [0, 0.1) is 0 Å².